The van der Waals surface area contributed by atoms with Crippen LogP contribution in [0.3, 0.4) is 0 Å². The van der Waals surface area contributed by atoms with Crippen LogP contribution in [0, 0.1) is 5.92 Å². The minimum Gasteiger partial charge on any atom is -0.255 e. The zero-order chi connectivity index (χ0) is 22.3. The molecule has 0 aliphatic heterocycles. The Kier molecular flexibility index (Phi) is 6.99. The lowest BCUT2D eigenvalue weighted by molar-refractivity contribution is 0.536. The van der Waals surface area contributed by atoms with Gasteiger partial charge in [0.15, 0.2) is 5.82 Å². The van der Waals surface area contributed by atoms with Crippen molar-refractivity contribution >= 4 is 0 Å². The molecule has 1 aromatic carbocycles. The largest absolute Gasteiger partial charge is 0.255 e. The van der Waals surface area contributed by atoms with Gasteiger partial charge in [-0.1, -0.05) is 51.5 Å². The molecule has 0 aliphatic rings. The van der Waals surface area contributed by atoms with Crippen LogP contribution in [0.4, 0.5) is 0 Å². The molecule has 4 rings (SSSR count). The normalized spacial score (nSPS) is 11.4. The zero-order valence-electron chi connectivity index (χ0n) is 19.0. The van der Waals surface area contributed by atoms with Gasteiger partial charge < -0.3 is 0 Å². The molecule has 8 nitrogen and oxygen atoms in total. The maximum atomic E-state index is 4.87. The second kappa shape index (κ2) is 10.3. The van der Waals surface area contributed by atoms with Crippen LogP contribution in [0.1, 0.15) is 57.2 Å². The molecule has 0 atom stereocenters. The van der Waals surface area contributed by atoms with Crippen molar-refractivity contribution in [1.82, 2.24) is 40.4 Å². The lowest BCUT2D eigenvalue weighted by atomic mass is 10.0. The number of aromatic amines is 1. The highest BCUT2D eigenvalue weighted by Crippen LogP contribution is 2.27. The minimum atomic E-state index is 0.537. The van der Waals surface area contributed by atoms with Crippen LogP contribution >= 0.6 is 0 Å². The van der Waals surface area contributed by atoms with Crippen molar-refractivity contribution in [3.05, 3.63) is 59.8 Å². The number of aromatic nitrogens is 8. The molecule has 0 bridgehead atoms. The van der Waals surface area contributed by atoms with Gasteiger partial charge in [-0.05, 0) is 41.7 Å². The van der Waals surface area contributed by atoms with Gasteiger partial charge in [0.05, 0.1) is 5.69 Å². The van der Waals surface area contributed by atoms with E-state index in [0.29, 0.717) is 11.7 Å². The Labute approximate surface area is 188 Å². The average molecular weight is 431 g/mol. The fraction of sp³-hybridized carbons (Fsp3) is 0.417. The minimum absolute atomic E-state index is 0.537. The summed E-state index contributed by atoms with van der Waals surface area (Å²) in [6.45, 7) is 7.60. The molecule has 0 amide bonds. The number of nitrogens with zero attached hydrogens (tertiary/aromatic N) is 7. The lowest BCUT2D eigenvalue weighted by Crippen LogP contribution is -2.06. The third kappa shape index (κ3) is 5.25. The van der Waals surface area contributed by atoms with E-state index in [1.54, 1.807) is 6.20 Å². The third-order valence-corrected chi connectivity index (χ3v) is 5.44. The molecule has 0 unspecified atom stereocenters. The van der Waals surface area contributed by atoms with Crippen molar-refractivity contribution in [2.45, 2.75) is 59.4 Å². The van der Waals surface area contributed by atoms with Crippen molar-refractivity contribution in [3.8, 4) is 22.6 Å². The highest BCUT2D eigenvalue weighted by molar-refractivity contribution is 5.76. The second-order valence-electron chi connectivity index (χ2n) is 8.46. The van der Waals surface area contributed by atoms with E-state index in [9.17, 15) is 0 Å². The number of tetrazole rings is 1. The summed E-state index contributed by atoms with van der Waals surface area (Å²) in [4.78, 5) is 9.43. The van der Waals surface area contributed by atoms with E-state index >= 15 is 0 Å². The number of benzene rings is 1. The van der Waals surface area contributed by atoms with Crippen LogP contribution in [0.15, 0.2) is 42.6 Å². The summed E-state index contributed by atoms with van der Waals surface area (Å²) in [5, 5.41) is 19.2. The van der Waals surface area contributed by atoms with E-state index in [0.717, 1.165) is 67.1 Å². The smallest absolute Gasteiger partial charge is 0.206 e. The van der Waals surface area contributed by atoms with E-state index in [2.05, 4.69) is 75.3 Å². The van der Waals surface area contributed by atoms with E-state index in [4.69, 9.17) is 10.1 Å². The summed E-state index contributed by atoms with van der Waals surface area (Å²) in [5.41, 5.74) is 3.90. The fourth-order valence-corrected chi connectivity index (χ4v) is 3.62. The maximum Gasteiger partial charge on any atom is 0.206 e. The highest BCUT2D eigenvalue weighted by Gasteiger charge is 2.14. The Morgan fingerprint density at radius 3 is 2.66 bits per heavy atom. The Morgan fingerprint density at radius 1 is 1.09 bits per heavy atom. The van der Waals surface area contributed by atoms with Crippen LogP contribution in [-0.4, -0.2) is 40.4 Å². The molecule has 1 N–H and O–H groups in total. The van der Waals surface area contributed by atoms with Gasteiger partial charge in [-0.15, -0.1) is 10.2 Å². The first-order valence-corrected chi connectivity index (χ1v) is 11.3. The summed E-state index contributed by atoms with van der Waals surface area (Å²) in [6.07, 6.45) is 6.83. The maximum absolute atomic E-state index is 4.87. The molecule has 0 saturated carbocycles. The molecular formula is C24H30N8. The highest BCUT2D eigenvalue weighted by atomic mass is 15.5. The Balaban J connectivity index is 1.54. The van der Waals surface area contributed by atoms with Crippen LogP contribution in [0.2, 0.25) is 0 Å². The molecule has 166 valence electrons. The van der Waals surface area contributed by atoms with Crippen LogP contribution in [-0.2, 0) is 19.4 Å². The second-order valence-corrected chi connectivity index (χ2v) is 8.46. The molecular weight excluding hydrogens is 400 g/mol. The van der Waals surface area contributed by atoms with E-state index < -0.39 is 0 Å². The summed E-state index contributed by atoms with van der Waals surface area (Å²) in [7, 11) is 0. The molecule has 3 heterocycles. The fourth-order valence-electron chi connectivity index (χ4n) is 3.62. The zero-order valence-corrected chi connectivity index (χ0v) is 19.0. The summed E-state index contributed by atoms with van der Waals surface area (Å²) in [5.74, 6) is 3.18. The molecule has 4 aromatic rings. The number of pyridine rings is 1. The van der Waals surface area contributed by atoms with Crippen LogP contribution < -0.4 is 0 Å². The SMILES string of the molecule is CCCCn1nc(CCC(C)C)nc1Cc1ccc(-c2ncccc2-c2nn[nH]n2)cc1. The van der Waals surface area contributed by atoms with Crippen molar-refractivity contribution in [3.63, 3.8) is 0 Å². The van der Waals surface area contributed by atoms with Gasteiger partial charge >= 0.3 is 0 Å². The third-order valence-electron chi connectivity index (χ3n) is 5.44. The Hall–Kier alpha value is -3.42. The van der Waals surface area contributed by atoms with Crippen molar-refractivity contribution in [1.29, 1.82) is 0 Å². The quantitative estimate of drug-likeness (QED) is 0.398. The predicted molar refractivity (Wildman–Crippen MR) is 124 cm³/mol. The van der Waals surface area contributed by atoms with Crippen molar-refractivity contribution in [2.75, 3.05) is 0 Å². The van der Waals surface area contributed by atoms with Crippen molar-refractivity contribution in [2.24, 2.45) is 5.92 Å². The first-order valence-electron chi connectivity index (χ1n) is 11.3. The van der Waals surface area contributed by atoms with Gasteiger partial charge in [-0.25, -0.2) is 9.67 Å². The number of hydrogen-bond donors (Lipinski definition) is 1. The summed E-state index contributed by atoms with van der Waals surface area (Å²) in [6, 6.07) is 12.3. The molecule has 0 saturated heterocycles. The molecule has 8 heteroatoms. The van der Waals surface area contributed by atoms with E-state index in [1.807, 2.05) is 12.1 Å². The molecule has 0 radical (unpaired) electrons. The summed E-state index contributed by atoms with van der Waals surface area (Å²) >= 11 is 0. The Morgan fingerprint density at radius 2 is 1.94 bits per heavy atom. The average Bonchev–Trinajstić information content (AvgIpc) is 3.47. The molecule has 0 spiro atoms. The standard InChI is InChI=1S/C24H30N8/c1-4-5-15-32-22(26-21(29-32)13-8-17(2)3)16-18-9-11-19(12-10-18)23-20(7-6-14-25-23)24-27-30-31-28-24/h6-7,9-12,14,17H,4-5,8,13,15-16H2,1-3H3,(H,27,28,30,31). The van der Waals surface area contributed by atoms with Gasteiger partial charge in [0.2, 0.25) is 5.82 Å². The lowest BCUT2D eigenvalue weighted by Gasteiger charge is -2.08. The number of aryl methyl sites for hydroxylation is 2. The van der Waals surface area contributed by atoms with Crippen LogP contribution in [0.25, 0.3) is 22.6 Å². The number of rotatable bonds is 10. The molecule has 32 heavy (non-hydrogen) atoms. The Bertz CT molecular complexity index is 1110. The van der Waals surface area contributed by atoms with Crippen molar-refractivity contribution < 1.29 is 0 Å². The van der Waals surface area contributed by atoms with Crippen LogP contribution in [0.5, 0.6) is 0 Å². The number of hydrogen-bond acceptors (Lipinski definition) is 6. The predicted octanol–water partition coefficient (Wildman–Crippen LogP) is 4.50. The number of H-pyrrole nitrogens is 1. The van der Waals surface area contributed by atoms with Gasteiger partial charge in [0.1, 0.15) is 5.82 Å². The molecule has 0 fully saturated rings. The monoisotopic (exact) mass is 430 g/mol. The topological polar surface area (TPSA) is 98.1 Å². The number of unbranched alkanes of at least 4 members (excludes halogenated alkanes) is 1. The first-order chi connectivity index (χ1) is 15.6. The van der Waals surface area contributed by atoms with Gasteiger partial charge in [0.25, 0.3) is 0 Å². The van der Waals surface area contributed by atoms with Gasteiger partial charge in [0, 0.05) is 36.7 Å². The van der Waals surface area contributed by atoms with E-state index in [1.165, 1.54) is 5.56 Å². The van der Waals surface area contributed by atoms with Gasteiger partial charge in [-0.3, -0.25) is 4.98 Å². The summed E-state index contributed by atoms with van der Waals surface area (Å²) < 4.78 is 2.10. The number of nitrogens with one attached hydrogen (secondary N) is 1. The van der Waals surface area contributed by atoms with Gasteiger partial charge in [-0.2, -0.15) is 10.3 Å². The molecule has 0 aliphatic carbocycles. The van der Waals surface area contributed by atoms with E-state index in [-0.39, 0.29) is 0 Å². The molecule has 3 aromatic heterocycles. The first kappa shape index (κ1) is 21.8.